The Morgan fingerprint density at radius 2 is 1.48 bits per heavy atom. The molecule has 5 nitrogen and oxygen atoms in total. The lowest BCUT2D eigenvalue weighted by Crippen LogP contribution is -2.68. The van der Waals surface area contributed by atoms with Crippen molar-refractivity contribution in [1.29, 1.82) is 0 Å². The van der Waals surface area contributed by atoms with Crippen molar-refractivity contribution in [3.8, 4) is 0 Å². The highest BCUT2D eigenvalue weighted by molar-refractivity contribution is 6.99. The Labute approximate surface area is 366 Å². The zero-order valence-corrected chi connectivity index (χ0v) is 41.2. The van der Waals surface area contributed by atoms with Gasteiger partial charge in [-0.15, -0.1) is 0 Å². The van der Waals surface area contributed by atoms with Crippen molar-refractivity contribution in [3.05, 3.63) is 96.1 Å². The molecule has 4 saturated carbocycles. The Bertz CT molecular complexity index is 1850. The van der Waals surface area contributed by atoms with Crippen LogP contribution in [0, 0.1) is 40.4 Å². The first-order chi connectivity index (χ1) is 28.5. The van der Waals surface area contributed by atoms with E-state index in [1.807, 2.05) is 0 Å². The SMILES string of the molecule is CC[Si](CC)(CC)OC1(C)CCC[C@H]1C=C[C@@H](C)[C@H]1CC[C@H]2C3=CC=C4C[C@@H](O[Si](c5ccccc5)(c5ccccc5)C(C)(C)C)C[C@H](OC(=O)OC)[C@]4(C)[C@H]3CC[C@]12C. The second kappa shape index (κ2) is 17.5. The fourth-order valence-corrected chi connectivity index (χ4v) is 21.6. The van der Waals surface area contributed by atoms with E-state index < -0.39 is 22.8 Å². The average molecular weight is 851 g/mol. The standard InChI is InChI=1S/C53H78O5Si2/c1-12-59(13-2,14-3)58-52(9)34-21-22-39(52)28-27-38(4)45-31-32-46-44-30-29-40-36-41(37-48(56-49(54)55-11)53(40,10)47(44)33-35-51(45,46)8)57-60(50(5,6)7,42-23-17-15-18-24-42)43-25-19-16-20-26-43/h15-20,23-30,38-39,41,45-48H,12-14,21-22,31-37H2,1-11H3/t38-,39+,41-,45-,46+,47+,48+,51-,52?,53+/m1/s1. The Balaban J connectivity index is 1.17. The highest BCUT2D eigenvalue weighted by Gasteiger charge is 2.61. The molecule has 2 aromatic carbocycles. The van der Waals surface area contributed by atoms with E-state index in [2.05, 4.69) is 154 Å². The Morgan fingerprint density at radius 3 is 2.07 bits per heavy atom. The van der Waals surface area contributed by atoms with Crippen molar-refractivity contribution < 1.29 is 23.1 Å². The van der Waals surface area contributed by atoms with Gasteiger partial charge in [-0.2, -0.15) is 0 Å². The number of fused-ring (bicyclic) bond motifs is 5. The number of allylic oxidation sites excluding steroid dienone is 4. The molecule has 60 heavy (non-hydrogen) atoms. The number of carbonyl (C=O) groups is 1. The van der Waals surface area contributed by atoms with Crippen molar-refractivity contribution in [2.45, 2.75) is 168 Å². The predicted octanol–water partition coefficient (Wildman–Crippen LogP) is 13.0. The third-order valence-electron chi connectivity index (χ3n) is 17.5. The molecule has 0 spiro atoms. The maximum Gasteiger partial charge on any atom is 0.508 e. The van der Waals surface area contributed by atoms with Gasteiger partial charge in [-0.05, 0) is 121 Å². The summed E-state index contributed by atoms with van der Waals surface area (Å²) in [4.78, 5) is 13.2. The molecule has 0 aromatic heterocycles. The summed E-state index contributed by atoms with van der Waals surface area (Å²) < 4.78 is 26.7. The summed E-state index contributed by atoms with van der Waals surface area (Å²) in [6, 6.07) is 25.4. The quantitative estimate of drug-likeness (QED) is 0.114. The molecular weight excluding hydrogens is 773 g/mol. The first-order valence-corrected chi connectivity index (χ1v) is 28.3. The number of hydrogen-bond acceptors (Lipinski definition) is 5. The smallest absolute Gasteiger partial charge is 0.438 e. The minimum atomic E-state index is -2.84. The average Bonchev–Trinajstić information content (AvgIpc) is 3.80. The second-order valence-corrected chi connectivity index (χ2v) is 30.2. The highest BCUT2D eigenvalue weighted by Crippen LogP contribution is 2.66. The zero-order valence-electron chi connectivity index (χ0n) is 39.2. The van der Waals surface area contributed by atoms with Crippen LogP contribution in [0.15, 0.2) is 96.1 Å². The molecule has 0 radical (unpaired) electrons. The molecule has 1 unspecified atom stereocenters. The number of ether oxygens (including phenoxy) is 2. The molecule has 5 aliphatic carbocycles. The van der Waals surface area contributed by atoms with Gasteiger partial charge in [0, 0.05) is 17.8 Å². The number of hydrogen-bond donors (Lipinski definition) is 0. The number of carbonyl (C=O) groups excluding carboxylic acids is 1. The third-order valence-corrected chi connectivity index (χ3v) is 27.3. The van der Waals surface area contributed by atoms with Crippen LogP contribution in [0.5, 0.6) is 0 Å². The van der Waals surface area contributed by atoms with Crippen LogP contribution in [0.4, 0.5) is 4.79 Å². The van der Waals surface area contributed by atoms with E-state index >= 15 is 0 Å². The summed E-state index contributed by atoms with van der Waals surface area (Å²) in [6.45, 7) is 24.0. The number of benzene rings is 2. The van der Waals surface area contributed by atoms with Crippen LogP contribution in [0.3, 0.4) is 0 Å². The molecule has 7 rings (SSSR count). The summed E-state index contributed by atoms with van der Waals surface area (Å²) in [7, 11) is -3.11. The fraction of sp³-hybridized carbons (Fsp3) is 0.642. The van der Waals surface area contributed by atoms with E-state index in [1.54, 1.807) is 5.57 Å². The number of methoxy groups -OCH3 is 1. The summed E-state index contributed by atoms with van der Waals surface area (Å²) in [6.07, 6.45) is 19.0. The first kappa shape index (κ1) is 45.3. The van der Waals surface area contributed by atoms with Crippen molar-refractivity contribution in [3.63, 3.8) is 0 Å². The van der Waals surface area contributed by atoms with Crippen molar-refractivity contribution in [2.75, 3.05) is 7.11 Å². The fourth-order valence-electron chi connectivity index (χ4n) is 13.8. The lowest BCUT2D eigenvalue weighted by Gasteiger charge is -2.57. The van der Waals surface area contributed by atoms with Crippen LogP contribution < -0.4 is 10.4 Å². The lowest BCUT2D eigenvalue weighted by atomic mass is 9.49. The maximum absolute atomic E-state index is 13.2. The van der Waals surface area contributed by atoms with Gasteiger partial charge in [0.2, 0.25) is 0 Å². The van der Waals surface area contributed by atoms with Crippen LogP contribution >= 0.6 is 0 Å². The second-order valence-electron chi connectivity index (χ2n) is 21.3. The van der Waals surface area contributed by atoms with Crippen molar-refractivity contribution >= 4 is 33.2 Å². The van der Waals surface area contributed by atoms with Gasteiger partial charge in [0.05, 0.1) is 18.8 Å². The molecule has 0 saturated heterocycles. The van der Waals surface area contributed by atoms with Crippen LogP contribution in [0.2, 0.25) is 23.2 Å². The minimum Gasteiger partial charge on any atom is -0.438 e. The summed E-state index contributed by atoms with van der Waals surface area (Å²) >= 11 is 0. The molecular formula is C53H78O5Si2. The van der Waals surface area contributed by atoms with E-state index in [1.165, 1.54) is 79.7 Å². The van der Waals surface area contributed by atoms with Crippen LogP contribution in [-0.2, 0) is 18.3 Å². The molecule has 0 heterocycles. The molecule has 0 N–H and O–H groups in total. The van der Waals surface area contributed by atoms with Gasteiger partial charge in [-0.3, -0.25) is 0 Å². The van der Waals surface area contributed by atoms with Crippen LogP contribution in [-0.4, -0.2) is 47.7 Å². The molecule has 4 fully saturated rings. The van der Waals surface area contributed by atoms with Gasteiger partial charge in [-0.1, -0.05) is 158 Å². The molecule has 7 heteroatoms. The third kappa shape index (κ3) is 7.83. The highest BCUT2D eigenvalue weighted by atomic mass is 28.4. The maximum atomic E-state index is 13.2. The van der Waals surface area contributed by atoms with Crippen molar-refractivity contribution in [1.82, 2.24) is 0 Å². The topological polar surface area (TPSA) is 54.0 Å². The van der Waals surface area contributed by atoms with Gasteiger partial charge in [-0.25, -0.2) is 4.79 Å². The Kier molecular flexibility index (Phi) is 13.2. The molecule has 2 aromatic rings. The molecule has 5 aliphatic rings. The van der Waals surface area contributed by atoms with Gasteiger partial charge in [0.1, 0.15) is 6.10 Å². The monoisotopic (exact) mass is 851 g/mol. The zero-order chi connectivity index (χ0) is 43.1. The Morgan fingerprint density at radius 1 is 0.850 bits per heavy atom. The van der Waals surface area contributed by atoms with Gasteiger partial charge in [0.25, 0.3) is 8.32 Å². The summed E-state index contributed by atoms with van der Waals surface area (Å²) in [5, 5.41) is 2.39. The van der Waals surface area contributed by atoms with Crippen LogP contribution in [0.1, 0.15) is 127 Å². The van der Waals surface area contributed by atoms with Gasteiger partial charge in [0.15, 0.2) is 8.32 Å². The summed E-state index contributed by atoms with van der Waals surface area (Å²) in [5.74, 6) is 2.51. The largest absolute Gasteiger partial charge is 0.508 e. The molecule has 328 valence electrons. The minimum absolute atomic E-state index is 0.0244. The predicted molar refractivity (Wildman–Crippen MR) is 253 cm³/mol. The first-order valence-electron chi connectivity index (χ1n) is 23.9. The van der Waals surface area contributed by atoms with E-state index in [0.29, 0.717) is 36.0 Å². The summed E-state index contributed by atoms with van der Waals surface area (Å²) in [5.41, 5.74) is 2.84. The van der Waals surface area contributed by atoms with E-state index in [4.69, 9.17) is 18.3 Å². The van der Waals surface area contributed by atoms with Gasteiger partial charge >= 0.3 is 6.16 Å². The van der Waals surface area contributed by atoms with Gasteiger partial charge < -0.3 is 18.3 Å². The molecule has 0 bridgehead atoms. The molecule has 10 atom stereocenters. The Hall–Kier alpha value is -2.72. The van der Waals surface area contributed by atoms with E-state index in [9.17, 15) is 4.79 Å². The lowest BCUT2D eigenvalue weighted by molar-refractivity contribution is -0.0735. The molecule has 0 amide bonds. The molecule has 0 aliphatic heterocycles. The van der Waals surface area contributed by atoms with Crippen molar-refractivity contribution in [2.24, 2.45) is 40.4 Å². The number of rotatable bonds is 13. The van der Waals surface area contributed by atoms with E-state index in [0.717, 1.165) is 12.8 Å². The van der Waals surface area contributed by atoms with Crippen LogP contribution in [0.25, 0.3) is 0 Å². The van der Waals surface area contributed by atoms with E-state index in [-0.39, 0.29) is 33.7 Å². The normalized spacial score (nSPS) is 33.6.